The molecule has 3 aromatic rings. The average Bonchev–Trinajstić information content (AvgIpc) is 3.27. The minimum atomic E-state index is -0.389. The molecule has 1 atom stereocenters. The van der Waals surface area contributed by atoms with Crippen molar-refractivity contribution in [2.24, 2.45) is 0 Å². The van der Waals surface area contributed by atoms with Crippen LogP contribution in [0.25, 0.3) is 11.4 Å². The van der Waals surface area contributed by atoms with Gasteiger partial charge in [0.05, 0.1) is 17.1 Å². The van der Waals surface area contributed by atoms with Gasteiger partial charge < -0.3 is 9.32 Å². The van der Waals surface area contributed by atoms with Gasteiger partial charge in [-0.3, -0.25) is 9.36 Å². The van der Waals surface area contributed by atoms with Gasteiger partial charge in [0.15, 0.2) is 11.0 Å². The fraction of sp³-hybridized carbons (Fsp3) is 0.286. The maximum absolute atomic E-state index is 13.4. The Kier molecular flexibility index (Phi) is 6.53. The summed E-state index contributed by atoms with van der Waals surface area (Å²) in [6.45, 7) is 8.33. The lowest BCUT2D eigenvalue weighted by Crippen LogP contribution is -2.33. The number of aryl methyl sites for hydroxylation is 1. The second-order valence-electron chi connectivity index (χ2n) is 6.68. The molecule has 8 heteroatoms. The van der Waals surface area contributed by atoms with Crippen molar-refractivity contribution in [1.82, 2.24) is 19.7 Å². The number of benzene rings is 1. The number of amides is 1. The molecule has 0 aliphatic heterocycles. The highest BCUT2D eigenvalue weighted by molar-refractivity contribution is 8.00. The number of halogens is 1. The normalized spacial score (nSPS) is 12.0. The van der Waals surface area contributed by atoms with Crippen molar-refractivity contribution < 1.29 is 13.6 Å². The Morgan fingerprint density at radius 1 is 1.41 bits per heavy atom. The molecule has 0 spiro atoms. The number of thioether (sulfide) groups is 1. The van der Waals surface area contributed by atoms with Crippen molar-refractivity contribution in [2.45, 2.75) is 37.3 Å². The number of hydrogen-bond donors (Lipinski definition) is 0. The molecule has 152 valence electrons. The maximum atomic E-state index is 13.4. The molecular weight excluding hydrogens is 391 g/mol. The third-order valence-electron chi connectivity index (χ3n) is 4.44. The average molecular weight is 415 g/mol. The molecule has 1 amide bonds. The van der Waals surface area contributed by atoms with Crippen molar-refractivity contribution in [3.8, 4) is 11.4 Å². The molecule has 3 rings (SSSR count). The van der Waals surface area contributed by atoms with Crippen molar-refractivity contribution in [3.63, 3.8) is 0 Å². The molecule has 0 N–H and O–H groups in total. The third-order valence-corrected chi connectivity index (χ3v) is 5.51. The van der Waals surface area contributed by atoms with Crippen molar-refractivity contribution >= 4 is 17.7 Å². The summed E-state index contributed by atoms with van der Waals surface area (Å²) in [5.74, 6) is 1.03. The van der Waals surface area contributed by atoms with Crippen LogP contribution in [0.5, 0.6) is 0 Å². The van der Waals surface area contributed by atoms with E-state index >= 15 is 0 Å². The van der Waals surface area contributed by atoms with E-state index in [-0.39, 0.29) is 17.0 Å². The zero-order chi connectivity index (χ0) is 21.0. The highest BCUT2D eigenvalue weighted by Gasteiger charge is 2.24. The molecule has 1 aromatic carbocycles. The predicted molar refractivity (Wildman–Crippen MR) is 111 cm³/mol. The quantitative estimate of drug-likeness (QED) is 0.406. The zero-order valence-corrected chi connectivity index (χ0v) is 17.4. The Bertz CT molecular complexity index is 1010. The van der Waals surface area contributed by atoms with Crippen molar-refractivity contribution in [3.05, 3.63) is 66.4 Å². The van der Waals surface area contributed by atoms with Gasteiger partial charge in [0.2, 0.25) is 5.91 Å². The number of furan rings is 1. The summed E-state index contributed by atoms with van der Waals surface area (Å²) in [5.41, 5.74) is 1.60. The summed E-state index contributed by atoms with van der Waals surface area (Å²) >= 11 is 1.33. The van der Waals surface area contributed by atoms with Crippen molar-refractivity contribution in [1.29, 1.82) is 0 Å². The van der Waals surface area contributed by atoms with Gasteiger partial charge in [0, 0.05) is 20.1 Å². The summed E-state index contributed by atoms with van der Waals surface area (Å²) in [4.78, 5) is 14.4. The molecule has 1 unspecified atom stereocenters. The van der Waals surface area contributed by atoms with Gasteiger partial charge in [-0.15, -0.1) is 16.8 Å². The fourth-order valence-electron chi connectivity index (χ4n) is 2.99. The first kappa shape index (κ1) is 20.9. The molecule has 6 nitrogen and oxygen atoms in total. The molecule has 0 aliphatic rings. The van der Waals surface area contributed by atoms with Gasteiger partial charge in [0.1, 0.15) is 11.6 Å². The van der Waals surface area contributed by atoms with E-state index < -0.39 is 0 Å². The van der Waals surface area contributed by atoms with Gasteiger partial charge >= 0.3 is 0 Å². The lowest BCUT2D eigenvalue weighted by Gasteiger charge is -2.21. The second kappa shape index (κ2) is 9.09. The van der Waals surface area contributed by atoms with Crippen LogP contribution in [0.1, 0.15) is 18.2 Å². The first-order valence-electron chi connectivity index (χ1n) is 9.15. The predicted octanol–water partition coefficient (Wildman–Crippen LogP) is 4.31. The molecule has 0 aliphatic carbocycles. The van der Waals surface area contributed by atoms with Crippen LogP contribution >= 0.6 is 11.8 Å². The van der Waals surface area contributed by atoms with E-state index in [0.29, 0.717) is 24.1 Å². The van der Waals surface area contributed by atoms with Gasteiger partial charge in [-0.05, 0) is 37.6 Å². The molecule has 0 bridgehead atoms. The van der Waals surface area contributed by atoms with E-state index in [1.165, 1.54) is 23.9 Å². The van der Waals surface area contributed by atoms with Crippen LogP contribution in [-0.4, -0.2) is 37.9 Å². The van der Waals surface area contributed by atoms with Crippen LogP contribution in [0, 0.1) is 12.7 Å². The zero-order valence-electron chi connectivity index (χ0n) is 16.6. The topological polar surface area (TPSA) is 64.2 Å². The molecule has 29 heavy (non-hydrogen) atoms. The van der Waals surface area contributed by atoms with E-state index in [1.54, 1.807) is 36.4 Å². The van der Waals surface area contributed by atoms with Gasteiger partial charge in [-0.2, -0.15) is 0 Å². The Labute approximate surface area is 173 Å². The summed E-state index contributed by atoms with van der Waals surface area (Å²) in [6.07, 6.45) is 3.37. The molecule has 2 heterocycles. The Morgan fingerprint density at radius 2 is 2.21 bits per heavy atom. The summed E-state index contributed by atoms with van der Waals surface area (Å²) in [5, 5.41) is 8.80. The minimum Gasteiger partial charge on any atom is -0.469 e. The van der Waals surface area contributed by atoms with Crippen LogP contribution < -0.4 is 0 Å². The van der Waals surface area contributed by atoms with E-state index in [9.17, 15) is 9.18 Å². The van der Waals surface area contributed by atoms with Crippen LogP contribution in [0.3, 0.4) is 0 Å². The highest BCUT2D eigenvalue weighted by atomic mass is 32.2. The first-order valence-corrected chi connectivity index (χ1v) is 10.0. The largest absolute Gasteiger partial charge is 0.469 e. The standard InChI is InChI=1S/C21H23FN4O2S/c1-5-10-26-19(18-9-11-28-14(18)2)23-24-21(26)29-15(3)20(27)25(4)13-16-7-6-8-17(22)12-16/h5-9,11-12,15H,1,10,13H2,2-4H3. The van der Waals surface area contributed by atoms with Crippen LogP contribution in [-0.2, 0) is 17.9 Å². The van der Waals surface area contributed by atoms with Crippen molar-refractivity contribution in [2.75, 3.05) is 7.05 Å². The van der Waals surface area contributed by atoms with Crippen LogP contribution in [0.15, 0.2) is 58.8 Å². The summed E-state index contributed by atoms with van der Waals surface area (Å²) in [7, 11) is 1.71. The number of nitrogens with zero attached hydrogens (tertiary/aromatic N) is 4. The third kappa shape index (κ3) is 4.76. The van der Waals surface area contributed by atoms with E-state index in [4.69, 9.17) is 4.42 Å². The number of aromatic nitrogens is 3. The molecule has 2 aromatic heterocycles. The van der Waals surface area contributed by atoms with Gasteiger partial charge in [-0.1, -0.05) is 30.0 Å². The maximum Gasteiger partial charge on any atom is 0.235 e. The summed E-state index contributed by atoms with van der Waals surface area (Å²) in [6, 6.07) is 8.09. The molecule has 0 saturated carbocycles. The smallest absolute Gasteiger partial charge is 0.235 e. The number of rotatable bonds is 8. The number of hydrogen-bond acceptors (Lipinski definition) is 5. The van der Waals surface area contributed by atoms with Gasteiger partial charge in [0.25, 0.3) is 0 Å². The molecule has 0 fully saturated rings. The monoisotopic (exact) mass is 414 g/mol. The number of carbonyl (C=O) groups is 1. The highest BCUT2D eigenvalue weighted by Crippen LogP contribution is 2.29. The minimum absolute atomic E-state index is 0.0755. The lowest BCUT2D eigenvalue weighted by molar-refractivity contribution is -0.129. The Morgan fingerprint density at radius 3 is 2.86 bits per heavy atom. The van der Waals surface area contributed by atoms with Gasteiger partial charge in [-0.25, -0.2) is 4.39 Å². The Hall–Kier alpha value is -2.87. The summed E-state index contributed by atoms with van der Waals surface area (Å²) < 4.78 is 20.7. The Balaban J connectivity index is 1.75. The molecule has 0 radical (unpaired) electrons. The first-order chi connectivity index (χ1) is 13.9. The van der Waals surface area contributed by atoms with E-state index in [0.717, 1.165) is 16.9 Å². The second-order valence-corrected chi connectivity index (χ2v) is 7.99. The van der Waals surface area contributed by atoms with Crippen LogP contribution in [0.4, 0.5) is 4.39 Å². The van der Waals surface area contributed by atoms with Crippen LogP contribution in [0.2, 0.25) is 0 Å². The van der Waals surface area contributed by atoms with E-state index in [2.05, 4.69) is 16.8 Å². The number of carbonyl (C=O) groups excluding carboxylic acids is 1. The fourth-order valence-corrected chi connectivity index (χ4v) is 3.96. The SMILES string of the molecule is C=CCn1c(SC(C)C(=O)N(C)Cc2cccc(F)c2)nnc1-c1ccoc1C. The molecular formula is C21H23FN4O2S. The lowest BCUT2D eigenvalue weighted by atomic mass is 10.2. The molecule has 0 saturated heterocycles. The number of allylic oxidation sites excluding steroid dienone is 1. The van der Waals surface area contributed by atoms with E-state index in [1.807, 2.05) is 24.5 Å².